The number of aliphatic hydroxyl groups excluding tert-OH is 4. The molecule has 1 unspecified atom stereocenters. The van der Waals surface area contributed by atoms with Gasteiger partial charge < -0.3 is 40.8 Å². The fourth-order valence-electron chi connectivity index (χ4n) is 3.08. The second-order valence-electron chi connectivity index (χ2n) is 9.32. The van der Waals surface area contributed by atoms with E-state index >= 15 is 0 Å². The third kappa shape index (κ3) is 7.51. The van der Waals surface area contributed by atoms with Crippen molar-refractivity contribution in [1.82, 2.24) is 0 Å². The first-order chi connectivity index (χ1) is 13.1. The Morgan fingerprint density at radius 3 is 1.34 bits per heavy atom. The summed E-state index contributed by atoms with van der Waals surface area (Å²) in [6.45, 7) is 11.1. The highest BCUT2D eigenvalue weighted by atomic mass is 31.2. The fraction of sp³-hybridized carbons (Fsp3) is 0.700. The van der Waals surface area contributed by atoms with E-state index in [1.807, 2.05) is 53.7 Å². The molecule has 1 aromatic rings. The average Bonchev–Trinajstić information content (AvgIpc) is 2.60. The number of hydrogen-bond donors (Lipinski definition) is 8. The highest BCUT2D eigenvalue weighted by molar-refractivity contribution is 7.38. The molecule has 0 bridgehead atoms. The van der Waals surface area contributed by atoms with Crippen molar-refractivity contribution in [3.8, 4) is 0 Å². The lowest BCUT2D eigenvalue weighted by molar-refractivity contribution is -0.0862. The van der Waals surface area contributed by atoms with Crippen LogP contribution >= 0.6 is 8.60 Å². The van der Waals surface area contributed by atoms with Gasteiger partial charge in [-0.05, 0) is 33.1 Å². The molecule has 1 aromatic carbocycles. The highest BCUT2D eigenvalue weighted by Crippen LogP contribution is 2.44. The molecular formula is C20H38NO7P. The molecule has 0 amide bonds. The Balaban J connectivity index is 0.00000178. The Bertz CT molecular complexity index is 589. The van der Waals surface area contributed by atoms with Gasteiger partial charge in [0.25, 0.3) is 0 Å². The highest BCUT2D eigenvalue weighted by Gasteiger charge is 2.42. The van der Waals surface area contributed by atoms with Gasteiger partial charge >= 0.3 is 8.60 Å². The second-order valence-corrected chi connectivity index (χ2v) is 9.85. The normalized spacial score (nSPS) is 13.9. The minimum absolute atomic E-state index is 0.284. The van der Waals surface area contributed by atoms with Gasteiger partial charge in [-0.25, -0.2) is 0 Å². The van der Waals surface area contributed by atoms with Gasteiger partial charge in [-0.3, -0.25) is 0 Å². The van der Waals surface area contributed by atoms with Crippen molar-refractivity contribution in [3.63, 3.8) is 0 Å². The van der Waals surface area contributed by atoms with Crippen LogP contribution in [0, 0.1) is 5.41 Å². The molecule has 0 heterocycles. The summed E-state index contributed by atoms with van der Waals surface area (Å²) in [5, 5.41) is 40.6. The van der Waals surface area contributed by atoms with Gasteiger partial charge in [-0.15, -0.1) is 0 Å². The molecule has 0 saturated heterocycles. The summed E-state index contributed by atoms with van der Waals surface area (Å²) in [5.41, 5.74) is 7.35. The van der Waals surface area contributed by atoms with Crippen LogP contribution in [0.5, 0.6) is 0 Å². The van der Waals surface area contributed by atoms with E-state index in [4.69, 9.17) is 20.4 Å². The van der Waals surface area contributed by atoms with Crippen LogP contribution in [0.3, 0.4) is 0 Å². The van der Waals surface area contributed by atoms with Crippen molar-refractivity contribution in [1.29, 1.82) is 0 Å². The topological polar surface area (TPSA) is 168 Å². The zero-order valence-electron chi connectivity index (χ0n) is 18.2. The first-order valence-corrected chi connectivity index (χ1v) is 10.6. The summed E-state index contributed by atoms with van der Waals surface area (Å²) in [6.07, 6.45) is -1.21. The monoisotopic (exact) mass is 435 g/mol. The summed E-state index contributed by atoms with van der Waals surface area (Å²) in [6, 6.07) is 3.95. The summed E-state index contributed by atoms with van der Waals surface area (Å²) >= 11 is 0. The number of benzene rings is 1. The maximum atomic E-state index is 11.2. The second kappa shape index (κ2) is 11.1. The number of hydrogen-bond acceptors (Lipinski definition) is 8. The molecule has 170 valence electrons. The van der Waals surface area contributed by atoms with E-state index in [1.165, 1.54) is 0 Å². The molecule has 0 radical (unpaired) electrons. The van der Waals surface area contributed by atoms with Crippen molar-refractivity contribution in [2.45, 2.75) is 65.0 Å². The molecule has 0 aliphatic rings. The van der Waals surface area contributed by atoms with Crippen LogP contribution in [0.2, 0.25) is 0 Å². The van der Waals surface area contributed by atoms with Gasteiger partial charge in [-0.2, -0.15) is 0 Å². The van der Waals surface area contributed by atoms with Crippen LogP contribution < -0.4 is 5.73 Å². The lowest BCUT2D eigenvalue weighted by atomic mass is 9.69. The first kappa shape index (κ1) is 28.3. The van der Waals surface area contributed by atoms with E-state index in [1.54, 1.807) is 0 Å². The van der Waals surface area contributed by atoms with Crippen LogP contribution in [0.25, 0.3) is 0 Å². The van der Waals surface area contributed by atoms with Crippen molar-refractivity contribution < 1.29 is 35.1 Å². The predicted octanol–water partition coefficient (Wildman–Crippen LogP) is 0.927. The third-order valence-corrected chi connectivity index (χ3v) is 4.89. The van der Waals surface area contributed by atoms with Crippen LogP contribution in [0.15, 0.2) is 12.1 Å². The quantitative estimate of drug-likeness (QED) is 0.305. The zero-order valence-corrected chi connectivity index (χ0v) is 19.1. The number of rotatable bonds is 6. The molecule has 0 saturated carbocycles. The molecule has 1 atom stereocenters. The molecule has 0 aliphatic carbocycles. The standard InChI is InChI=1S/C20H35NO4.H3O3P/c1-18(2,3)14-7-13(9-21)8-15(19(4,5)6)16(14)17(25)20(10-22,11-23)12-24;1-4(2)3/h7-8,17,22-25H,9-12,21H2,1-6H3;1-3H. The van der Waals surface area contributed by atoms with Crippen LogP contribution in [-0.4, -0.2) is 54.9 Å². The predicted molar refractivity (Wildman–Crippen MR) is 114 cm³/mol. The van der Waals surface area contributed by atoms with Crippen molar-refractivity contribution in [2.24, 2.45) is 11.1 Å². The summed E-state index contributed by atoms with van der Waals surface area (Å²) < 4.78 is 0. The Kier molecular flexibility index (Phi) is 10.8. The maximum absolute atomic E-state index is 11.2. The Morgan fingerprint density at radius 2 is 1.14 bits per heavy atom. The Hall–Kier alpha value is -0.670. The fourth-order valence-corrected chi connectivity index (χ4v) is 3.08. The molecule has 0 aromatic heterocycles. The van der Waals surface area contributed by atoms with Crippen molar-refractivity contribution in [3.05, 3.63) is 34.4 Å². The van der Waals surface area contributed by atoms with Gasteiger partial charge in [0.2, 0.25) is 0 Å². The molecule has 0 aliphatic heterocycles. The smallest absolute Gasteiger partial charge is 0.324 e. The molecule has 0 spiro atoms. The largest absolute Gasteiger partial charge is 0.395 e. The number of nitrogens with two attached hydrogens (primary N) is 1. The average molecular weight is 435 g/mol. The molecule has 8 nitrogen and oxygen atoms in total. The lowest BCUT2D eigenvalue weighted by Gasteiger charge is -2.39. The van der Waals surface area contributed by atoms with Crippen molar-refractivity contribution in [2.75, 3.05) is 19.8 Å². The van der Waals surface area contributed by atoms with Crippen LogP contribution in [0.4, 0.5) is 0 Å². The van der Waals surface area contributed by atoms with Crippen LogP contribution in [0.1, 0.15) is 69.9 Å². The summed E-state index contributed by atoms with van der Waals surface area (Å²) in [5.74, 6) is 0. The molecule has 29 heavy (non-hydrogen) atoms. The minimum Gasteiger partial charge on any atom is -0.395 e. The third-order valence-electron chi connectivity index (χ3n) is 4.89. The molecular weight excluding hydrogens is 397 g/mol. The Morgan fingerprint density at radius 1 is 0.828 bits per heavy atom. The molecule has 9 heteroatoms. The first-order valence-electron chi connectivity index (χ1n) is 9.36. The van der Waals surface area contributed by atoms with Gasteiger partial charge in [0.1, 0.15) is 0 Å². The van der Waals surface area contributed by atoms with Crippen molar-refractivity contribution >= 4 is 8.60 Å². The Labute approximate surface area is 174 Å². The minimum atomic E-state index is -2.62. The molecule has 9 N–H and O–H groups in total. The van der Waals surface area contributed by atoms with E-state index in [0.29, 0.717) is 12.1 Å². The van der Waals surface area contributed by atoms with Gasteiger partial charge in [-0.1, -0.05) is 53.7 Å². The summed E-state index contributed by atoms with van der Waals surface area (Å²) in [4.78, 5) is 21.7. The van der Waals surface area contributed by atoms with Gasteiger partial charge in [0.05, 0.1) is 31.3 Å². The lowest BCUT2D eigenvalue weighted by Crippen LogP contribution is -2.42. The van der Waals surface area contributed by atoms with E-state index in [0.717, 1.165) is 16.7 Å². The van der Waals surface area contributed by atoms with Gasteiger partial charge in [0, 0.05) is 6.54 Å². The van der Waals surface area contributed by atoms with E-state index in [9.17, 15) is 20.4 Å². The number of aliphatic hydroxyl groups is 4. The SMILES string of the molecule is CC(C)(C)c1cc(CN)cc(C(C)(C)C)c1C(O)C(CO)(CO)CO.OP(O)O. The van der Waals surface area contributed by atoms with Crippen LogP contribution in [-0.2, 0) is 17.4 Å². The molecule has 1 rings (SSSR count). The summed E-state index contributed by atoms with van der Waals surface area (Å²) in [7, 11) is -2.62. The van der Waals surface area contributed by atoms with Gasteiger partial charge in [0.15, 0.2) is 0 Å². The molecule has 0 fully saturated rings. The van der Waals surface area contributed by atoms with E-state index < -0.39 is 39.9 Å². The zero-order chi connectivity index (χ0) is 23.2. The van der Waals surface area contributed by atoms with E-state index in [-0.39, 0.29) is 10.8 Å². The van der Waals surface area contributed by atoms with E-state index in [2.05, 4.69) is 0 Å². The maximum Gasteiger partial charge on any atom is 0.324 e.